The highest BCUT2D eigenvalue weighted by atomic mass is 19.1. The molecule has 0 atom stereocenters. The van der Waals surface area contributed by atoms with Gasteiger partial charge in [-0.1, -0.05) is 0 Å². The van der Waals surface area contributed by atoms with E-state index in [2.05, 4.69) is 25.6 Å². The number of pyridine rings is 1. The topological polar surface area (TPSA) is 106 Å². The van der Waals surface area contributed by atoms with Gasteiger partial charge >= 0.3 is 6.09 Å². The van der Waals surface area contributed by atoms with Crippen LogP contribution in [0.15, 0.2) is 36.8 Å². The van der Waals surface area contributed by atoms with Crippen LogP contribution in [-0.4, -0.2) is 62.1 Å². The summed E-state index contributed by atoms with van der Waals surface area (Å²) in [4.78, 5) is 31.9. The summed E-state index contributed by atoms with van der Waals surface area (Å²) in [6, 6.07) is 4.76. The summed E-state index contributed by atoms with van der Waals surface area (Å²) in [6.07, 6.45) is 5.25. The molecule has 1 fully saturated rings. The molecule has 4 aromatic rings. The van der Waals surface area contributed by atoms with Gasteiger partial charge in [0.15, 0.2) is 11.5 Å². The largest absolute Gasteiger partial charge is 0.444 e. The maximum atomic E-state index is 14.5. The Kier molecular flexibility index (Phi) is 6.89. The van der Waals surface area contributed by atoms with Crippen molar-refractivity contribution in [2.24, 2.45) is 7.05 Å². The first kappa shape index (κ1) is 27.4. The molecule has 5 rings (SSSR count). The van der Waals surface area contributed by atoms with Crippen LogP contribution in [0, 0.1) is 12.7 Å². The standard InChI is InChI=1S/C28H33F2N7O3/c1-17-13-37-14-18(12-21(30)24(37)31-17)32-25(38)19-6-7-22(20-15-35(5)34-23(19)20)36-10-8-28(16-29,9-11-36)33-26(39)40-27(2,3)4/h6-7,12-15H,8-11,16H2,1-5H3,(H,32,38)(H,33,39). The highest BCUT2D eigenvalue weighted by Crippen LogP contribution is 2.34. The third-order valence-corrected chi connectivity index (χ3v) is 6.98. The number of nitrogens with one attached hydrogen (secondary N) is 2. The molecule has 1 aromatic carbocycles. The number of fused-ring (bicyclic) bond motifs is 2. The molecule has 0 bridgehead atoms. The van der Waals surface area contributed by atoms with Gasteiger partial charge in [0.25, 0.3) is 5.91 Å². The number of carbonyl (C=O) groups is 2. The number of halogens is 2. The summed E-state index contributed by atoms with van der Waals surface area (Å²) in [5.41, 5.74) is 1.14. The number of aromatic nitrogens is 4. The highest BCUT2D eigenvalue weighted by molar-refractivity contribution is 6.13. The van der Waals surface area contributed by atoms with E-state index in [0.29, 0.717) is 42.7 Å². The van der Waals surface area contributed by atoms with Gasteiger partial charge in [-0.25, -0.2) is 18.6 Å². The van der Waals surface area contributed by atoms with E-state index >= 15 is 0 Å². The third kappa shape index (κ3) is 5.43. The normalized spacial score (nSPS) is 15.4. The lowest BCUT2D eigenvalue weighted by atomic mass is 9.88. The van der Waals surface area contributed by atoms with E-state index in [1.54, 1.807) is 57.9 Å². The second-order valence-corrected chi connectivity index (χ2v) is 11.4. The number of nitrogens with zero attached hydrogens (tertiary/aromatic N) is 5. The molecule has 1 aliphatic rings. The van der Waals surface area contributed by atoms with Gasteiger partial charge in [0.1, 0.15) is 17.8 Å². The van der Waals surface area contributed by atoms with Crippen molar-refractivity contribution in [1.82, 2.24) is 24.5 Å². The Morgan fingerprint density at radius 2 is 1.88 bits per heavy atom. The number of anilines is 2. The molecule has 3 aromatic heterocycles. The van der Waals surface area contributed by atoms with Crippen molar-refractivity contribution >= 4 is 39.9 Å². The third-order valence-electron chi connectivity index (χ3n) is 6.98. The van der Waals surface area contributed by atoms with Crippen LogP contribution in [0.2, 0.25) is 0 Å². The number of piperidine rings is 1. The zero-order valence-corrected chi connectivity index (χ0v) is 23.2. The Balaban J connectivity index is 1.36. The molecule has 40 heavy (non-hydrogen) atoms. The van der Waals surface area contributed by atoms with E-state index in [-0.39, 0.29) is 11.3 Å². The molecule has 10 nitrogen and oxygen atoms in total. The fourth-order valence-electron chi connectivity index (χ4n) is 5.10. The van der Waals surface area contributed by atoms with E-state index in [1.807, 2.05) is 12.3 Å². The summed E-state index contributed by atoms with van der Waals surface area (Å²) in [7, 11) is 1.77. The van der Waals surface area contributed by atoms with Crippen molar-refractivity contribution < 1.29 is 23.1 Å². The second kappa shape index (κ2) is 10.1. The van der Waals surface area contributed by atoms with Crippen LogP contribution in [-0.2, 0) is 11.8 Å². The molecule has 4 heterocycles. The van der Waals surface area contributed by atoms with Gasteiger partial charge in [0.2, 0.25) is 0 Å². The number of aryl methyl sites for hydroxylation is 2. The Hall–Kier alpha value is -4.22. The average Bonchev–Trinajstić information content (AvgIpc) is 3.44. The van der Waals surface area contributed by atoms with Crippen molar-refractivity contribution in [2.75, 3.05) is 30.0 Å². The van der Waals surface area contributed by atoms with Crippen LogP contribution in [0.1, 0.15) is 49.7 Å². The fraction of sp³-hybridized carbons (Fsp3) is 0.429. The predicted octanol–water partition coefficient (Wildman–Crippen LogP) is 4.75. The lowest BCUT2D eigenvalue weighted by Gasteiger charge is -2.41. The van der Waals surface area contributed by atoms with Crippen molar-refractivity contribution in [3.05, 3.63) is 53.9 Å². The average molecular weight is 554 g/mol. The van der Waals surface area contributed by atoms with Crippen LogP contribution >= 0.6 is 0 Å². The summed E-state index contributed by atoms with van der Waals surface area (Å²) in [5, 5.41) is 10.8. The molecular weight excluding hydrogens is 520 g/mol. The van der Waals surface area contributed by atoms with E-state index < -0.39 is 35.6 Å². The number of benzene rings is 1. The van der Waals surface area contributed by atoms with Crippen LogP contribution in [0.3, 0.4) is 0 Å². The Morgan fingerprint density at radius 3 is 2.55 bits per heavy atom. The van der Waals surface area contributed by atoms with Gasteiger partial charge in [-0.3, -0.25) is 9.48 Å². The maximum absolute atomic E-state index is 14.5. The number of carbonyl (C=O) groups excluding carboxylic acids is 2. The smallest absolute Gasteiger partial charge is 0.408 e. The molecule has 0 aliphatic carbocycles. The Morgan fingerprint density at radius 1 is 1.15 bits per heavy atom. The maximum Gasteiger partial charge on any atom is 0.408 e. The number of amides is 2. The molecule has 1 saturated heterocycles. The summed E-state index contributed by atoms with van der Waals surface area (Å²) in [5.74, 6) is -0.970. The Labute approximate surface area is 230 Å². The first-order valence-corrected chi connectivity index (χ1v) is 13.1. The van der Waals surface area contributed by atoms with Crippen LogP contribution < -0.4 is 15.5 Å². The van der Waals surface area contributed by atoms with Gasteiger partial charge in [0, 0.05) is 55.9 Å². The summed E-state index contributed by atoms with van der Waals surface area (Å²) < 4.78 is 37.2. The molecule has 1 aliphatic heterocycles. The number of ether oxygens (including phenoxy) is 1. The van der Waals surface area contributed by atoms with E-state index in [1.165, 1.54) is 10.5 Å². The second-order valence-electron chi connectivity index (χ2n) is 11.4. The van der Waals surface area contributed by atoms with Crippen molar-refractivity contribution in [1.29, 1.82) is 0 Å². The number of rotatable bonds is 5. The van der Waals surface area contributed by atoms with Crippen LogP contribution in [0.25, 0.3) is 16.6 Å². The van der Waals surface area contributed by atoms with Gasteiger partial charge < -0.3 is 24.7 Å². The quantitative estimate of drug-likeness (QED) is 0.370. The molecule has 212 valence electrons. The summed E-state index contributed by atoms with van der Waals surface area (Å²) >= 11 is 0. The van der Waals surface area contributed by atoms with Gasteiger partial charge in [-0.2, -0.15) is 5.10 Å². The fourth-order valence-corrected chi connectivity index (χ4v) is 5.10. The molecule has 2 N–H and O–H groups in total. The molecule has 0 saturated carbocycles. The number of hydrogen-bond acceptors (Lipinski definition) is 6. The molecule has 0 radical (unpaired) electrons. The zero-order chi connectivity index (χ0) is 28.8. The van der Waals surface area contributed by atoms with E-state index in [9.17, 15) is 18.4 Å². The minimum atomic E-state index is -1.00. The van der Waals surface area contributed by atoms with Crippen molar-refractivity contribution in [2.45, 2.75) is 51.7 Å². The summed E-state index contributed by atoms with van der Waals surface area (Å²) in [6.45, 7) is 7.32. The van der Waals surface area contributed by atoms with E-state index in [4.69, 9.17) is 4.74 Å². The molecule has 2 amide bonds. The number of imidazole rings is 1. The monoisotopic (exact) mass is 553 g/mol. The predicted molar refractivity (Wildman–Crippen MR) is 148 cm³/mol. The lowest BCUT2D eigenvalue weighted by Crippen LogP contribution is -2.57. The SMILES string of the molecule is Cc1cn2cc(NC(=O)c3ccc(N4CCC(CF)(NC(=O)OC(C)(C)C)CC4)c4cn(C)nc34)cc(F)c2n1. The van der Waals surface area contributed by atoms with Gasteiger partial charge in [0.05, 0.1) is 22.5 Å². The molecule has 0 spiro atoms. The van der Waals surface area contributed by atoms with Crippen molar-refractivity contribution in [3.63, 3.8) is 0 Å². The first-order valence-electron chi connectivity index (χ1n) is 13.1. The van der Waals surface area contributed by atoms with Crippen LogP contribution in [0.4, 0.5) is 25.0 Å². The minimum Gasteiger partial charge on any atom is -0.444 e. The van der Waals surface area contributed by atoms with Gasteiger partial charge in [-0.15, -0.1) is 0 Å². The number of alkyl carbamates (subject to hydrolysis) is 1. The molecular formula is C28H33F2N7O3. The van der Waals surface area contributed by atoms with Crippen LogP contribution in [0.5, 0.6) is 0 Å². The van der Waals surface area contributed by atoms with Gasteiger partial charge in [-0.05, 0) is 52.7 Å². The minimum absolute atomic E-state index is 0.187. The zero-order valence-electron chi connectivity index (χ0n) is 23.2. The molecule has 12 heteroatoms. The molecule has 0 unspecified atom stereocenters. The lowest BCUT2D eigenvalue weighted by molar-refractivity contribution is 0.0410. The number of alkyl halides is 1. The Bertz CT molecular complexity index is 1600. The van der Waals surface area contributed by atoms with Crippen molar-refractivity contribution in [3.8, 4) is 0 Å². The first-order chi connectivity index (χ1) is 18.9. The highest BCUT2D eigenvalue weighted by Gasteiger charge is 2.38. The number of hydrogen-bond donors (Lipinski definition) is 2. The van der Waals surface area contributed by atoms with E-state index in [0.717, 1.165) is 11.1 Å².